The van der Waals surface area contributed by atoms with E-state index in [4.69, 9.17) is 10.5 Å². The van der Waals surface area contributed by atoms with Crippen LogP contribution in [0.3, 0.4) is 0 Å². The molecule has 1 aliphatic heterocycles. The lowest BCUT2D eigenvalue weighted by Gasteiger charge is -2.29. The molecule has 10 nitrogen and oxygen atoms in total. The average molecular weight is 469 g/mol. The minimum Gasteiger partial charge on any atom is -0.390 e. The minimum absolute atomic E-state index is 0.0242. The highest BCUT2D eigenvalue weighted by molar-refractivity contribution is 7.89. The molecule has 0 saturated carbocycles. The van der Waals surface area contributed by atoms with Gasteiger partial charge in [-0.25, -0.2) is 27.1 Å². The number of rotatable bonds is 10. The van der Waals surface area contributed by atoms with E-state index in [1.54, 1.807) is 26.0 Å². The molecule has 0 unspecified atom stereocenters. The van der Waals surface area contributed by atoms with Crippen molar-refractivity contribution in [2.24, 2.45) is 5.73 Å². The van der Waals surface area contributed by atoms with E-state index in [0.29, 0.717) is 36.7 Å². The Morgan fingerprint density at radius 1 is 1.25 bits per heavy atom. The summed E-state index contributed by atoms with van der Waals surface area (Å²) in [5.41, 5.74) is 6.37. The molecule has 0 aliphatic carbocycles. The Morgan fingerprint density at radius 3 is 2.50 bits per heavy atom. The zero-order valence-electron chi connectivity index (χ0n) is 18.5. The number of benzene rings is 1. The van der Waals surface area contributed by atoms with Gasteiger partial charge in [-0.05, 0) is 71.2 Å². The molecule has 11 heteroatoms. The van der Waals surface area contributed by atoms with Gasteiger partial charge in [0.05, 0.1) is 4.90 Å². The maximum atomic E-state index is 13.4. The lowest BCUT2D eigenvalue weighted by Crippen LogP contribution is -2.53. The Kier molecular flexibility index (Phi) is 9.60. The number of aryl methyl sites for hydroxylation is 1. The van der Waals surface area contributed by atoms with Crippen molar-refractivity contribution in [1.82, 2.24) is 14.9 Å². The molecule has 1 aliphatic rings. The molecular weight excluding hydrogens is 436 g/mol. The highest BCUT2D eigenvalue weighted by Crippen LogP contribution is 2.23. The van der Waals surface area contributed by atoms with Crippen LogP contribution < -0.4 is 16.4 Å². The van der Waals surface area contributed by atoms with Crippen LogP contribution in [0.2, 0.25) is 0 Å². The Hall–Kier alpha value is -2.50. The van der Waals surface area contributed by atoms with Gasteiger partial charge in [-0.15, -0.1) is 0 Å². The van der Waals surface area contributed by atoms with E-state index in [2.05, 4.69) is 10.6 Å². The summed E-state index contributed by atoms with van der Waals surface area (Å²) in [6.07, 6.45) is 2.14. The number of sulfonamides is 1. The van der Waals surface area contributed by atoms with Crippen molar-refractivity contribution >= 4 is 28.0 Å². The number of nitrogens with two attached hydrogens (primary N) is 1. The van der Waals surface area contributed by atoms with E-state index in [0.717, 1.165) is 12.0 Å². The molecule has 0 radical (unpaired) electrons. The summed E-state index contributed by atoms with van der Waals surface area (Å²) in [7, 11) is -4.41. The van der Waals surface area contributed by atoms with E-state index >= 15 is 0 Å². The number of urea groups is 1. The maximum Gasteiger partial charge on any atom is 0.337 e. The third kappa shape index (κ3) is 6.50. The molecule has 1 aromatic carbocycles. The van der Waals surface area contributed by atoms with Crippen molar-refractivity contribution in [3.05, 3.63) is 29.8 Å². The van der Waals surface area contributed by atoms with Gasteiger partial charge >= 0.3 is 18.0 Å². The van der Waals surface area contributed by atoms with E-state index in [1.807, 2.05) is 0 Å². The molecule has 32 heavy (non-hydrogen) atoms. The Balaban J connectivity index is 2.41. The number of unbranched alkanes of at least 4 members (excludes halogenated alkanes) is 1. The topological polar surface area (TPSA) is 148 Å². The number of hydrogen-bond acceptors (Lipinski definition) is 8. The van der Waals surface area contributed by atoms with Gasteiger partial charge in [-0.3, -0.25) is 0 Å². The number of amides is 2. The van der Waals surface area contributed by atoms with Crippen LogP contribution in [-0.2, 0) is 24.3 Å². The number of ether oxygens (including phenoxy) is 1. The van der Waals surface area contributed by atoms with Gasteiger partial charge in [-0.2, -0.15) is 0 Å². The zero-order chi connectivity index (χ0) is 23.7. The fourth-order valence-electron chi connectivity index (χ4n) is 3.41. The second-order valence-corrected chi connectivity index (χ2v) is 9.45. The second-order valence-electron chi connectivity index (χ2n) is 7.64. The van der Waals surface area contributed by atoms with Crippen LogP contribution in [0.25, 0.3) is 0 Å². The van der Waals surface area contributed by atoms with E-state index in [9.17, 15) is 22.8 Å². The molecule has 2 rings (SSSR count). The molecule has 2 atom stereocenters. The summed E-state index contributed by atoms with van der Waals surface area (Å²) in [4.78, 5) is 38.1. The summed E-state index contributed by atoms with van der Waals surface area (Å²) >= 11 is 0. The number of nitrogens with one attached hydrogen (secondary N) is 2. The van der Waals surface area contributed by atoms with E-state index in [1.165, 1.54) is 12.1 Å². The Morgan fingerprint density at radius 2 is 1.94 bits per heavy atom. The fraction of sp³-hybridized carbons (Fsp3) is 0.571. The average Bonchev–Trinajstić information content (AvgIpc) is 3.28. The SMILES string of the molecule is CCNC(=O)N([C@@H](CCCCN)C(=O)OC(=O)[C@@H]1CCCN1)S(=O)(=O)c1ccc(C)cc1. The van der Waals surface area contributed by atoms with Gasteiger partial charge in [-0.1, -0.05) is 17.7 Å². The van der Waals surface area contributed by atoms with E-state index in [-0.39, 0.29) is 17.9 Å². The predicted octanol–water partition coefficient (Wildman–Crippen LogP) is 1.03. The van der Waals surface area contributed by atoms with Crippen LogP contribution in [-0.4, -0.2) is 62.4 Å². The summed E-state index contributed by atoms with van der Waals surface area (Å²) in [5, 5.41) is 5.38. The first-order chi connectivity index (χ1) is 15.2. The molecular formula is C21H32N4O6S. The molecule has 178 valence electrons. The molecule has 0 bridgehead atoms. The largest absolute Gasteiger partial charge is 0.390 e. The number of hydrogen-bond donors (Lipinski definition) is 3. The fourth-order valence-corrected chi connectivity index (χ4v) is 4.92. The first kappa shape index (κ1) is 25.8. The summed E-state index contributed by atoms with van der Waals surface area (Å²) in [6, 6.07) is 2.83. The number of nitrogens with zero attached hydrogens (tertiary/aromatic N) is 1. The second kappa shape index (κ2) is 11.9. The zero-order valence-corrected chi connectivity index (χ0v) is 19.3. The standard InChI is InChI=1S/C21H32N4O6S/c1-3-23-21(28)25(32(29,30)16-11-9-15(2)10-12-16)18(8-4-5-13-22)20(27)31-19(26)17-7-6-14-24-17/h9-12,17-18,24H,3-8,13-14,22H2,1-2H3,(H,23,28)/t17-,18-/m0/s1. The van der Waals surface area contributed by atoms with Gasteiger partial charge in [0.15, 0.2) is 0 Å². The number of carbonyl (C=O) groups excluding carboxylic acids is 3. The maximum absolute atomic E-state index is 13.4. The molecule has 0 spiro atoms. The highest BCUT2D eigenvalue weighted by atomic mass is 32.2. The van der Waals surface area contributed by atoms with Crippen LogP contribution in [0, 0.1) is 6.92 Å². The third-order valence-corrected chi connectivity index (χ3v) is 6.94. The van der Waals surface area contributed by atoms with Crippen molar-refractivity contribution in [2.45, 2.75) is 62.9 Å². The Bertz CT molecular complexity index is 897. The molecule has 1 fully saturated rings. The van der Waals surface area contributed by atoms with Crippen LogP contribution in [0.5, 0.6) is 0 Å². The monoisotopic (exact) mass is 468 g/mol. The Labute approximate surface area is 188 Å². The van der Waals surface area contributed by atoms with Crippen molar-refractivity contribution in [3.63, 3.8) is 0 Å². The molecule has 4 N–H and O–H groups in total. The molecule has 1 heterocycles. The summed E-state index contributed by atoms with van der Waals surface area (Å²) in [5.74, 6) is -1.86. The van der Waals surface area contributed by atoms with Crippen molar-refractivity contribution in [1.29, 1.82) is 0 Å². The minimum atomic E-state index is -4.41. The predicted molar refractivity (Wildman–Crippen MR) is 118 cm³/mol. The van der Waals surface area contributed by atoms with Gasteiger partial charge in [0.1, 0.15) is 12.1 Å². The van der Waals surface area contributed by atoms with Crippen molar-refractivity contribution in [3.8, 4) is 0 Å². The molecule has 0 aromatic heterocycles. The van der Waals surface area contributed by atoms with Gasteiger partial charge in [0.25, 0.3) is 10.0 Å². The normalized spacial score (nSPS) is 16.9. The van der Waals surface area contributed by atoms with Gasteiger partial charge < -0.3 is 21.1 Å². The number of carbonyl (C=O) groups is 3. The first-order valence-corrected chi connectivity index (χ1v) is 12.2. The highest BCUT2D eigenvalue weighted by Gasteiger charge is 2.41. The van der Waals surface area contributed by atoms with Gasteiger partial charge in [0, 0.05) is 6.54 Å². The third-order valence-electron chi connectivity index (χ3n) is 5.14. The van der Waals surface area contributed by atoms with Crippen LogP contribution in [0.1, 0.15) is 44.6 Å². The lowest BCUT2D eigenvalue weighted by molar-refractivity contribution is -0.163. The van der Waals surface area contributed by atoms with Crippen LogP contribution in [0.15, 0.2) is 29.2 Å². The molecule has 1 aromatic rings. The van der Waals surface area contributed by atoms with E-state index < -0.39 is 40.1 Å². The van der Waals surface area contributed by atoms with Crippen molar-refractivity contribution < 1.29 is 27.5 Å². The van der Waals surface area contributed by atoms with Crippen LogP contribution in [0.4, 0.5) is 4.79 Å². The summed E-state index contributed by atoms with van der Waals surface area (Å²) < 4.78 is 32.4. The van der Waals surface area contributed by atoms with Gasteiger partial charge in [0.2, 0.25) is 0 Å². The lowest BCUT2D eigenvalue weighted by atomic mass is 10.1. The smallest absolute Gasteiger partial charge is 0.337 e. The summed E-state index contributed by atoms with van der Waals surface area (Å²) in [6.45, 7) is 4.53. The van der Waals surface area contributed by atoms with Crippen molar-refractivity contribution in [2.75, 3.05) is 19.6 Å². The number of esters is 2. The first-order valence-electron chi connectivity index (χ1n) is 10.8. The quantitative estimate of drug-likeness (QED) is 0.262. The molecule has 2 amide bonds. The van der Waals surface area contributed by atoms with Crippen LogP contribution >= 0.6 is 0 Å². The molecule has 1 saturated heterocycles.